The van der Waals surface area contributed by atoms with Crippen molar-refractivity contribution in [2.45, 2.75) is 269 Å². The summed E-state index contributed by atoms with van der Waals surface area (Å²) in [7, 11) is 4.25. The van der Waals surface area contributed by atoms with Crippen LogP contribution in [0, 0.1) is 92.7 Å². The molecule has 0 radical (unpaired) electrons. The van der Waals surface area contributed by atoms with Crippen LogP contribution in [0.3, 0.4) is 0 Å². The van der Waals surface area contributed by atoms with E-state index in [2.05, 4.69) is 105 Å². The van der Waals surface area contributed by atoms with Gasteiger partial charge in [0.1, 0.15) is 12.2 Å². The second-order valence-electron chi connectivity index (χ2n) is 29.0. The van der Waals surface area contributed by atoms with Gasteiger partial charge in [-0.1, -0.05) is 145 Å². The molecular weight excluding hydrogens is 921 g/mol. The number of allylic oxidation sites excluding steroid dienone is 2. The molecule has 6 nitrogen and oxygen atoms in total. The predicted octanol–water partition coefficient (Wildman–Crippen LogP) is 17.7. The Morgan fingerprint density at radius 2 is 0.947 bits per heavy atom. The molecule has 0 bridgehead atoms. The Bertz CT molecular complexity index is 1760. The molecule has 0 aliphatic heterocycles. The molecule has 8 rings (SSSR count). The van der Waals surface area contributed by atoms with Crippen LogP contribution in [0.25, 0.3) is 0 Å². The van der Waals surface area contributed by atoms with Gasteiger partial charge in [0.05, 0.1) is 12.8 Å². The third kappa shape index (κ3) is 13.6. The number of carbonyl (C=O) groups excluding carboxylic acids is 2. The van der Waals surface area contributed by atoms with Crippen LogP contribution in [0.4, 0.5) is 0 Å². The van der Waals surface area contributed by atoms with Crippen LogP contribution in [-0.2, 0) is 19.1 Å². The van der Waals surface area contributed by atoms with Crippen molar-refractivity contribution in [3.8, 4) is 0 Å². The summed E-state index contributed by atoms with van der Waals surface area (Å²) in [5, 5.41) is 0. The molecule has 0 spiro atoms. The Morgan fingerprint density at radius 1 is 0.547 bits per heavy atom. The number of rotatable bonds is 24. The summed E-state index contributed by atoms with van der Waals surface area (Å²) in [6.07, 6.45) is 38.6. The van der Waals surface area contributed by atoms with Crippen LogP contribution >= 0.6 is 0 Å². The predicted molar refractivity (Wildman–Crippen MR) is 315 cm³/mol. The monoisotopic (exact) mass is 1040 g/mol. The summed E-state index contributed by atoms with van der Waals surface area (Å²) in [4.78, 5) is 31.0. The van der Waals surface area contributed by atoms with Crippen LogP contribution in [-0.4, -0.2) is 74.2 Å². The van der Waals surface area contributed by atoms with Gasteiger partial charge in [-0.2, -0.15) is 0 Å². The zero-order chi connectivity index (χ0) is 54.3. The van der Waals surface area contributed by atoms with E-state index in [0.717, 1.165) is 129 Å². The van der Waals surface area contributed by atoms with Gasteiger partial charge in [-0.25, -0.2) is 0 Å². The quantitative estimate of drug-likeness (QED) is 0.0709. The SMILES string of the molecule is CC.CCC(CCCC1CCC2C3CC=C4CC(OC(=O)CCN(C)CCCN(C)CCC(=O)OC5CC[C@@]6(C)C(=CCC7C8CCC(CCCC(CC)C(C)C)[C@@]8(C)CCC76)C5)CC[C@]4(C)C3CC[C@]12C)C(C)C. The van der Waals surface area contributed by atoms with E-state index in [1.165, 1.54) is 128 Å². The molecule has 0 heterocycles. The third-order valence-corrected chi connectivity index (χ3v) is 24.8. The average Bonchev–Trinajstić information content (AvgIpc) is 3.92. The molecule has 16 atom stereocenters. The number of carbonyl (C=O) groups is 2. The van der Waals surface area contributed by atoms with E-state index in [0.29, 0.717) is 23.7 Å². The first-order valence-electron chi connectivity index (χ1n) is 33.0. The lowest BCUT2D eigenvalue weighted by molar-refractivity contribution is -0.152. The standard InChI is InChI=1S/C67H114N2O4.C2H6/c1-13-48(46(3)4)18-15-20-50-24-28-58-56-26-22-52-44-54(30-36-66(52,9)60(56)32-38-64(50,58)7)72-62(70)34-42-68(11)40-17-41-69(12)43-35-63(71)73-55-31-37-67(10)53(45-55)23-27-57-59-29-25-51(65(59,8)39-33-61(57)67)21-16-19-49(14-2)47(5)6;1-2/h22-23,46-51,54-61H,13-21,24-45H2,1-12H3;1-2H3/t48?,49?,50?,51?,54?,55?,56?,57?,58?,59?,60?,61?,64-,65-,66+,67+;/m1./s1. The Labute approximate surface area is 463 Å². The molecule has 0 amide bonds. The Kier molecular flexibility index (Phi) is 21.7. The lowest BCUT2D eigenvalue weighted by Gasteiger charge is -2.58. The van der Waals surface area contributed by atoms with Crippen LogP contribution in [0.2, 0.25) is 0 Å². The number of fused-ring (bicyclic) bond motifs is 10. The molecule has 8 aliphatic carbocycles. The molecule has 6 saturated carbocycles. The van der Waals surface area contributed by atoms with E-state index < -0.39 is 0 Å². The van der Waals surface area contributed by atoms with Crippen molar-refractivity contribution in [3.63, 3.8) is 0 Å². The zero-order valence-electron chi connectivity index (χ0n) is 51.7. The highest BCUT2D eigenvalue weighted by molar-refractivity contribution is 5.70. The molecule has 75 heavy (non-hydrogen) atoms. The lowest BCUT2D eigenvalue weighted by Crippen LogP contribution is -2.50. The summed E-state index contributed by atoms with van der Waals surface area (Å²) in [6.45, 7) is 32.3. The van der Waals surface area contributed by atoms with Crippen LogP contribution in [0.15, 0.2) is 23.3 Å². The summed E-state index contributed by atoms with van der Waals surface area (Å²) >= 11 is 0. The lowest BCUT2D eigenvalue weighted by atomic mass is 9.47. The van der Waals surface area contributed by atoms with Gasteiger partial charge in [0.2, 0.25) is 0 Å². The third-order valence-electron chi connectivity index (χ3n) is 24.8. The molecule has 0 saturated heterocycles. The number of esters is 2. The first kappa shape index (κ1) is 61.0. The van der Waals surface area contributed by atoms with E-state index in [9.17, 15) is 9.59 Å². The number of hydrogen-bond acceptors (Lipinski definition) is 6. The van der Waals surface area contributed by atoms with Crippen LogP contribution in [0.5, 0.6) is 0 Å². The van der Waals surface area contributed by atoms with Crippen molar-refractivity contribution >= 4 is 11.9 Å². The maximum atomic E-state index is 13.2. The number of nitrogens with zero attached hydrogens (tertiary/aromatic N) is 2. The maximum Gasteiger partial charge on any atom is 0.307 e. The van der Waals surface area contributed by atoms with Crippen molar-refractivity contribution in [2.75, 3.05) is 40.3 Å². The van der Waals surface area contributed by atoms with E-state index in [-0.39, 0.29) is 35.0 Å². The smallest absolute Gasteiger partial charge is 0.307 e. The van der Waals surface area contributed by atoms with Crippen molar-refractivity contribution in [1.29, 1.82) is 0 Å². The minimum absolute atomic E-state index is 0.0312. The van der Waals surface area contributed by atoms with Crippen molar-refractivity contribution in [1.82, 2.24) is 9.80 Å². The van der Waals surface area contributed by atoms with E-state index >= 15 is 0 Å². The summed E-state index contributed by atoms with van der Waals surface area (Å²) in [5.74, 6) is 10.2. The van der Waals surface area contributed by atoms with E-state index in [4.69, 9.17) is 9.47 Å². The van der Waals surface area contributed by atoms with Gasteiger partial charge >= 0.3 is 11.9 Å². The van der Waals surface area contributed by atoms with E-state index in [1.54, 1.807) is 11.1 Å². The first-order chi connectivity index (χ1) is 35.8. The Balaban J connectivity index is 0.00000405. The second kappa shape index (κ2) is 26.7. The minimum atomic E-state index is -0.0343. The van der Waals surface area contributed by atoms with Crippen molar-refractivity contribution in [2.24, 2.45) is 92.7 Å². The number of hydrogen-bond donors (Lipinski definition) is 0. The van der Waals surface area contributed by atoms with Gasteiger partial charge in [0, 0.05) is 25.9 Å². The molecule has 12 unspecified atom stereocenters. The largest absolute Gasteiger partial charge is 0.462 e. The van der Waals surface area contributed by atoms with Crippen LogP contribution in [0.1, 0.15) is 256 Å². The van der Waals surface area contributed by atoms with Crippen molar-refractivity contribution < 1.29 is 19.1 Å². The normalized spacial score (nSPS) is 37.7. The Morgan fingerprint density at radius 3 is 1.32 bits per heavy atom. The van der Waals surface area contributed by atoms with Crippen LogP contribution < -0.4 is 0 Å². The highest BCUT2D eigenvalue weighted by Gasteiger charge is 2.60. The van der Waals surface area contributed by atoms with E-state index in [1.807, 2.05) is 13.8 Å². The fraction of sp³-hybridized carbons (Fsp3) is 0.913. The summed E-state index contributed by atoms with van der Waals surface area (Å²) in [5.41, 5.74) is 4.85. The molecule has 8 aliphatic rings. The van der Waals surface area contributed by atoms with Crippen molar-refractivity contribution in [3.05, 3.63) is 23.3 Å². The van der Waals surface area contributed by atoms with Gasteiger partial charge < -0.3 is 19.3 Å². The fourth-order valence-corrected chi connectivity index (χ4v) is 19.8. The fourth-order valence-electron chi connectivity index (χ4n) is 19.8. The van der Waals surface area contributed by atoms with Gasteiger partial charge in [0.25, 0.3) is 0 Å². The van der Waals surface area contributed by atoms with Gasteiger partial charge in [-0.15, -0.1) is 0 Å². The summed E-state index contributed by atoms with van der Waals surface area (Å²) in [6, 6.07) is 0. The molecule has 6 heteroatoms. The highest BCUT2D eigenvalue weighted by atomic mass is 16.5. The molecule has 6 fully saturated rings. The maximum absolute atomic E-state index is 13.2. The van der Waals surface area contributed by atoms with Gasteiger partial charge in [-0.3, -0.25) is 9.59 Å². The summed E-state index contributed by atoms with van der Waals surface area (Å²) < 4.78 is 12.5. The Hall–Kier alpha value is -1.66. The molecule has 0 aromatic heterocycles. The highest BCUT2D eigenvalue weighted by Crippen LogP contribution is 2.69. The topological polar surface area (TPSA) is 59.1 Å². The second-order valence-corrected chi connectivity index (χ2v) is 29.0. The molecule has 0 N–H and O–H groups in total. The first-order valence-corrected chi connectivity index (χ1v) is 33.0. The molecule has 0 aromatic rings. The van der Waals surface area contributed by atoms with Gasteiger partial charge in [-0.05, 0) is 229 Å². The number of ether oxygens (including phenoxy) is 2. The zero-order valence-corrected chi connectivity index (χ0v) is 51.7. The molecule has 0 aromatic carbocycles. The molecular formula is C69H120N2O4. The molecule has 430 valence electrons. The minimum Gasteiger partial charge on any atom is -0.462 e. The van der Waals surface area contributed by atoms with Gasteiger partial charge in [0.15, 0.2) is 0 Å². The average molecular weight is 1040 g/mol.